The van der Waals surface area contributed by atoms with Crippen molar-refractivity contribution in [1.29, 1.82) is 0 Å². The van der Waals surface area contributed by atoms with Crippen LogP contribution in [0.25, 0.3) is 6.08 Å². The summed E-state index contributed by atoms with van der Waals surface area (Å²) in [7, 11) is 1.47. The molecule has 0 amide bonds. The molecule has 2 aromatic carbocycles. The summed E-state index contributed by atoms with van der Waals surface area (Å²) in [5.74, 6) is -0.122. The molecule has 2 aromatic rings. The molecular weight excluding hydrogens is 268 g/mol. The molecule has 0 aliphatic rings. The summed E-state index contributed by atoms with van der Waals surface area (Å²) >= 11 is 0. The second-order valence-electron chi connectivity index (χ2n) is 4.32. The van der Waals surface area contributed by atoms with E-state index in [1.165, 1.54) is 19.3 Å². The molecule has 0 unspecified atom stereocenters. The quantitative estimate of drug-likeness (QED) is 0.677. The Bertz CT molecular complexity index is 632. The van der Waals surface area contributed by atoms with Gasteiger partial charge in [0.1, 0.15) is 6.61 Å². The highest BCUT2D eigenvalue weighted by Gasteiger charge is 2.05. The monoisotopic (exact) mass is 284 g/mol. The van der Waals surface area contributed by atoms with Crippen molar-refractivity contribution < 1.29 is 19.4 Å². The summed E-state index contributed by atoms with van der Waals surface area (Å²) in [4.78, 5) is 11.6. The Morgan fingerprint density at radius 1 is 1.14 bits per heavy atom. The predicted molar refractivity (Wildman–Crippen MR) is 79.9 cm³/mol. The van der Waals surface area contributed by atoms with Crippen LogP contribution in [0.2, 0.25) is 0 Å². The van der Waals surface area contributed by atoms with Crippen LogP contribution in [-0.4, -0.2) is 18.2 Å². The maximum atomic E-state index is 11.6. The van der Waals surface area contributed by atoms with Gasteiger partial charge in [-0.15, -0.1) is 0 Å². The fraction of sp³-hybridized carbons (Fsp3) is 0.118. The number of rotatable bonds is 5. The highest BCUT2D eigenvalue weighted by Crippen LogP contribution is 2.30. The molecule has 0 heterocycles. The Balaban J connectivity index is 1.96. The van der Waals surface area contributed by atoms with E-state index in [9.17, 15) is 9.90 Å². The van der Waals surface area contributed by atoms with Gasteiger partial charge in [0.15, 0.2) is 11.5 Å². The lowest BCUT2D eigenvalue weighted by molar-refractivity contribution is -0.138. The van der Waals surface area contributed by atoms with Crippen molar-refractivity contribution in [3.63, 3.8) is 0 Å². The van der Waals surface area contributed by atoms with E-state index in [-0.39, 0.29) is 12.4 Å². The number of hydrogen-bond donors (Lipinski definition) is 1. The van der Waals surface area contributed by atoms with Crippen molar-refractivity contribution in [2.75, 3.05) is 7.11 Å². The number of hydrogen-bond acceptors (Lipinski definition) is 4. The predicted octanol–water partition coefficient (Wildman–Crippen LogP) is 3.16. The number of phenolic OH excluding ortho intramolecular Hbond substituents is 1. The van der Waals surface area contributed by atoms with Gasteiger partial charge in [-0.3, -0.25) is 0 Å². The van der Waals surface area contributed by atoms with Crippen LogP contribution in [0.15, 0.2) is 54.6 Å². The zero-order valence-electron chi connectivity index (χ0n) is 11.7. The lowest BCUT2D eigenvalue weighted by Gasteiger charge is -2.05. The van der Waals surface area contributed by atoms with Gasteiger partial charge in [0.25, 0.3) is 0 Å². The highest BCUT2D eigenvalue weighted by atomic mass is 16.5. The highest BCUT2D eigenvalue weighted by molar-refractivity contribution is 5.87. The van der Waals surface area contributed by atoms with Gasteiger partial charge in [-0.1, -0.05) is 42.5 Å². The molecule has 0 radical (unpaired) electrons. The first kappa shape index (κ1) is 14.7. The van der Waals surface area contributed by atoms with Crippen LogP contribution < -0.4 is 4.74 Å². The first-order chi connectivity index (χ1) is 10.2. The average Bonchev–Trinajstić information content (AvgIpc) is 2.53. The van der Waals surface area contributed by atoms with Gasteiger partial charge in [0.2, 0.25) is 0 Å². The van der Waals surface area contributed by atoms with Crippen molar-refractivity contribution >= 4 is 12.0 Å². The minimum absolute atomic E-state index is 0.00731. The maximum Gasteiger partial charge on any atom is 0.331 e. The Hall–Kier alpha value is -2.75. The van der Waals surface area contributed by atoms with Crippen LogP contribution in [0.1, 0.15) is 11.1 Å². The van der Waals surface area contributed by atoms with Gasteiger partial charge < -0.3 is 14.6 Å². The minimum Gasteiger partial charge on any atom is -0.504 e. The van der Waals surface area contributed by atoms with E-state index < -0.39 is 5.97 Å². The number of esters is 1. The average molecular weight is 284 g/mol. The van der Waals surface area contributed by atoms with Gasteiger partial charge in [-0.05, 0) is 17.7 Å². The van der Waals surface area contributed by atoms with Gasteiger partial charge in [0, 0.05) is 11.6 Å². The molecule has 0 aliphatic heterocycles. The van der Waals surface area contributed by atoms with Crippen molar-refractivity contribution in [2.45, 2.75) is 6.61 Å². The van der Waals surface area contributed by atoms with Gasteiger partial charge in [-0.2, -0.15) is 0 Å². The molecular formula is C17H16O4. The number of methoxy groups -OCH3 is 1. The molecule has 0 saturated carbocycles. The van der Waals surface area contributed by atoms with Crippen LogP contribution in [0.4, 0.5) is 0 Å². The molecule has 108 valence electrons. The zero-order chi connectivity index (χ0) is 15.1. The fourth-order valence-electron chi connectivity index (χ4n) is 1.77. The molecule has 4 nitrogen and oxygen atoms in total. The number of carbonyl (C=O) groups is 1. The molecule has 0 saturated heterocycles. The second kappa shape index (κ2) is 7.14. The van der Waals surface area contributed by atoms with E-state index in [1.807, 2.05) is 30.3 Å². The molecule has 0 aromatic heterocycles. The molecule has 21 heavy (non-hydrogen) atoms. The topological polar surface area (TPSA) is 55.8 Å². The third kappa shape index (κ3) is 4.11. The molecule has 0 bridgehead atoms. The minimum atomic E-state index is -0.471. The molecule has 1 N–H and O–H groups in total. The van der Waals surface area contributed by atoms with Crippen LogP contribution in [0.5, 0.6) is 11.5 Å². The number of para-hydroxylation sites is 1. The van der Waals surface area contributed by atoms with E-state index in [2.05, 4.69) is 0 Å². The molecule has 0 atom stereocenters. The first-order valence-electron chi connectivity index (χ1n) is 6.45. The van der Waals surface area contributed by atoms with E-state index >= 15 is 0 Å². The van der Waals surface area contributed by atoms with Crippen molar-refractivity contribution in [1.82, 2.24) is 0 Å². The molecule has 0 spiro atoms. The van der Waals surface area contributed by atoms with Crippen molar-refractivity contribution in [2.24, 2.45) is 0 Å². The number of benzene rings is 2. The smallest absolute Gasteiger partial charge is 0.331 e. The summed E-state index contributed by atoms with van der Waals surface area (Å²) in [6.07, 6.45) is 2.77. The second-order valence-corrected chi connectivity index (χ2v) is 4.32. The first-order valence-corrected chi connectivity index (χ1v) is 6.45. The normalized spacial score (nSPS) is 10.5. The van der Waals surface area contributed by atoms with Crippen LogP contribution in [0, 0.1) is 0 Å². The Morgan fingerprint density at radius 2 is 1.90 bits per heavy atom. The van der Waals surface area contributed by atoms with E-state index in [0.29, 0.717) is 11.3 Å². The Kier molecular flexibility index (Phi) is 4.99. The Morgan fingerprint density at radius 3 is 2.62 bits per heavy atom. The van der Waals surface area contributed by atoms with Gasteiger partial charge >= 0.3 is 5.97 Å². The van der Waals surface area contributed by atoms with E-state index in [1.54, 1.807) is 18.2 Å². The lowest BCUT2D eigenvalue weighted by Crippen LogP contribution is -2.00. The number of carbonyl (C=O) groups excluding carboxylic acids is 1. The molecule has 0 fully saturated rings. The number of phenols is 1. The summed E-state index contributed by atoms with van der Waals surface area (Å²) in [6, 6.07) is 14.5. The van der Waals surface area contributed by atoms with Crippen LogP contribution >= 0.6 is 0 Å². The summed E-state index contributed by atoms with van der Waals surface area (Å²) in [5.41, 5.74) is 1.41. The van der Waals surface area contributed by atoms with Crippen molar-refractivity contribution in [3.8, 4) is 11.5 Å². The van der Waals surface area contributed by atoms with E-state index in [0.717, 1.165) is 5.56 Å². The van der Waals surface area contributed by atoms with E-state index in [4.69, 9.17) is 9.47 Å². The SMILES string of the molecule is COc1cccc(/C=C/C(=O)OCc2ccccc2)c1O. The molecule has 0 aliphatic carbocycles. The lowest BCUT2D eigenvalue weighted by atomic mass is 10.1. The maximum absolute atomic E-state index is 11.6. The Labute approximate surface area is 123 Å². The van der Waals surface area contributed by atoms with Crippen molar-refractivity contribution in [3.05, 3.63) is 65.7 Å². The van der Waals surface area contributed by atoms with Crippen LogP contribution in [-0.2, 0) is 16.1 Å². The number of aromatic hydroxyl groups is 1. The van der Waals surface area contributed by atoms with Crippen LogP contribution in [0.3, 0.4) is 0 Å². The molecule has 4 heteroatoms. The fourth-order valence-corrected chi connectivity index (χ4v) is 1.77. The summed E-state index contributed by atoms with van der Waals surface area (Å²) < 4.78 is 10.1. The largest absolute Gasteiger partial charge is 0.504 e. The summed E-state index contributed by atoms with van der Waals surface area (Å²) in [6.45, 7) is 0.216. The zero-order valence-corrected chi connectivity index (χ0v) is 11.7. The summed E-state index contributed by atoms with van der Waals surface area (Å²) in [5, 5.41) is 9.88. The van der Waals surface area contributed by atoms with Gasteiger partial charge in [0.05, 0.1) is 7.11 Å². The van der Waals surface area contributed by atoms with Gasteiger partial charge in [-0.25, -0.2) is 4.79 Å². The number of ether oxygens (including phenoxy) is 2. The standard InChI is InChI=1S/C17H16O4/c1-20-15-9-5-8-14(17(15)19)10-11-16(18)21-12-13-6-3-2-4-7-13/h2-11,19H,12H2,1H3/b11-10+. The molecule has 2 rings (SSSR count). The third-order valence-electron chi connectivity index (χ3n) is 2.87. The third-order valence-corrected chi connectivity index (χ3v) is 2.87.